The standard InChI is InChI=1S/C25H18N2O2/c1-16(28)26-14-6-7-17-12-13-18-19-9-5-11-23-24(19)25(27(2)21(18)15-17)20-8-3-4-10-22(20)29-23/h3-5,8-13,15H,14H2,1-2H3/p+1. The highest BCUT2D eigenvalue weighted by molar-refractivity contribution is 6.12. The highest BCUT2D eigenvalue weighted by Crippen LogP contribution is 2.46. The molecular formula is C25H19N2O2+. The highest BCUT2D eigenvalue weighted by Gasteiger charge is 2.29. The molecule has 3 aromatic carbocycles. The van der Waals surface area contributed by atoms with Gasteiger partial charge in [-0.05, 0) is 30.3 Å². The number of pyridine rings is 1. The predicted molar refractivity (Wildman–Crippen MR) is 114 cm³/mol. The lowest BCUT2D eigenvalue weighted by atomic mass is 9.95. The van der Waals surface area contributed by atoms with Crippen molar-refractivity contribution >= 4 is 27.6 Å². The average Bonchev–Trinajstić information content (AvgIpc) is 2.73. The summed E-state index contributed by atoms with van der Waals surface area (Å²) in [6.45, 7) is 1.83. The lowest BCUT2D eigenvalue weighted by Crippen LogP contribution is -2.33. The van der Waals surface area contributed by atoms with Crippen molar-refractivity contribution in [2.24, 2.45) is 7.05 Å². The van der Waals surface area contributed by atoms with Crippen LogP contribution in [0.5, 0.6) is 11.5 Å². The van der Waals surface area contributed by atoms with E-state index in [0.717, 1.165) is 50.0 Å². The molecule has 1 N–H and O–H groups in total. The van der Waals surface area contributed by atoms with E-state index in [0.29, 0.717) is 6.54 Å². The van der Waals surface area contributed by atoms with E-state index < -0.39 is 0 Å². The van der Waals surface area contributed by atoms with Gasteiger partial charge in [-0.2, -0.15) is 4.57 Å². The number of hydrogen-bond donors (Lipinski definition) is 1. The number of aromatic nitrogens is 1. The number of ether oxygens (including phenoxy) is 1. The maximum Gasteiger partial charge on any atom is 0.228 e. The minimum absolute atomic E-state index is 0.0773. The van der Waals surface area contributed by atoms with Crippen LogP contribution in [0.4, 0.5) is 0 Å². The van der Waals surface area contributed by atoms with E-state index >= 15 is 0 Å². The first kappa shape index (κ1) is 17.3. The minimum atomic E-state index is -0.0773. The van der Waals surface area contributed by atoms with Gasteiger partial charge in [0.2, 0.25) is 17.1 Å². The number of fused-ring (bicyclic) bond motifs is 4. The van der Waals surface area contributed by atoms with Gasteiger partial charge in [-0.25, -0.2) is 0 Å². The minimum Gasteiger partial charge on any atom is -0.456 e. The van der Waals surface area contributed by atoms with Gasteiger partial charge in [-0.3, -0.25) is 4.79 Å². The number of para-hydroxylation sites is 1. The molecule has 0 spiro atoms. The van der Waals surface area contributed by atoms with Gasteiger partial charge in [-0.15, -0.1) is 0 Å². The van der Waals surface area contributed by atoms with Crippen molar-refractivity contribution in [2.75, 3.05) is 6.54 Å². The predicted octanol–water partition coefficient (Wildman–Crippen LogP) is 4.08. The lowest BCUT2D eigenvalue weighted by molar-refractivity contribution is -0.632. The van der Waals surface area contributed by atoms with Crippen LogP contribution >= 0.6 is 0 Å². The lowest BCUT2D eigenvalue weighted by Gasteiger charge is -2.20. The van der Waals surface area contributed by atoms with Crippen molar-refractivity contribution in [1.29, 1.82) is 0 Å². The monoisotopic (exact) mass is 379 g/mol. The fourth-order valence-corrected chi connectivity index (χ4v) is 3.99. The molecule has 1 aromatic heterocycles. The molecule has 1 aliphatic heterocycles. The van der Waals surface area contributed by atoms with E-state index in [9.17, 15) is 4.79 Å². The van der Waals surface area contributed by atoms with E-state index in [1.54, 1.807) is 0 Å². The van der Waals surface area contributed by atoms with E-state index in [1.165, 1.54) is 6.92 Å². The quantitative estimate of drug-likeness (QED) is 0.271. The molecule has 1 aliphatic rings. The molecule has 2 heterocycles. The number of amides is 1. The van der Waals surface area contributed by atoms with Crippen LogP contribution in [-0.2, 0) is 11.8 Å². The van der Waals surface area contributed by atoms with Crippen molar-refractivity contribution in [3.63, 3.8) is 0 Å². The number of benzene rings is 3. The van der Waals surface area contributed by atoms with Crippen molar-refractivity contribution in [2.45, 2.75) is 6.92 Å². The summed E-state index contributed by atoms with van der Waals surface area (Å²) in [5, 5.41) is 6.15. The molecule has 0 atom stereocenters. The SMILES string of the molecule is CC(=O)NCC#Cc1ccc2c3cccc4c3c([n+](C)c2c1)-c1ccccc1O4. The maximum absolute atomic E-state index is 11.0. The van der Waals surface area contributed by atoms with Crippen molar-refractivity contribution < 1.29 is 14.1 Å². The topological polar surface area (TPSA) is 42.2 Å². The average molecular weight is 379 g/mol. The molecule has 140 valence electrons. The molecule has 0 saturated carbocycles. The summed E-state index contributed by atoms with van der Waals surface area (Å²) in [6, 6.07) is 20.6. The molecule has 0 radical (unpaired) electrons. The molecule has 5 rings (SSSR count). The number of rotatable bonds is 1. The third-order valence-corrected chi connectivity index (χ3v) is 5.27. The van der Waals surface area contributed by atoms with Gasteiger partial charge in [0.1, 0.15) is 18.5 Å². The molecule has 0 aliphatic carbocycles. The van der Waals surface area contributed by atoms with Crippen LogP contribution < -0.4 is 14.6 Å². The molecular weight excluding hydrogens is 360 g/mol. The summed E-state index contributed by atoms with van der Waals surface area (Å²) in [4.78, 5) is 11.0. The Morgan fingerprint density at radius 3 is 2.72 bits per heavy atom. The van der Waals surface area contributed by atoms with Crippen LogP contribution in [0, 0.1) is 11.8 Å². The van der Waals surface area contributed by atoms with Crippen LogP contribution in [-0.4, -0.2) is 12.5 Å². The summed E-state index contributed by atoms with van der Waals surface area (Å²) in [7, 11) is 2.09. The fourth-order valence-electron chi connectivity index (χ4n) is 3.99. The molecule has 29 heavy (non-hydrogen) atoms. The first-order valence-corrected chi connectivity index (χ1v) is 9.52. The van der Waals surface area contributed by atoms with Crippen molar-refractivity contribution in [3.8, 4) is 34.6 Å². The Morgan fingerprint density at radius 2 is 1.86 bits per heavy atom. The second-order valence-electron chi connectivity index (χ2n) is 7.13. The number of nitrogens with one attached hydrogen (secondary N) is 1. The summed E-state index contributed by atoms with van der Waals surface area (Å²) >= 11 is 0. The van der Waals surface area contributed by atoms with Crippen LogP contribution in [0.25, 0.3) is 32.9 Å². The summed E-state index contributed by atoms with van der Waals surface area (Å²) < 4.78 is 8.42. The van der Waals surface area contributed by atoms with Crippen molar-refractivity contribution in [1.82, 2.24) is 5.32 Å². The Balaban J connectivity index is 1.76. The van der Waals surface area contributed by atoms with Crippen molar-refractivity contribution in [3.05, 3.63) is 66.2 Å². The second kappa shape index (κ2) is 6.65. The molecule has 0 bridgehead atoms. The molecule has 0 unspecified atom stereocenters. The fraction of sp³-hybridized carbons (Fsp3) is 0.120. The number of nitrogens with zero attached hydrogens (tertiary/aromatic N) is 1. The molecule has 1 amide bonds. The summed E-state index contributed by atoms with van der Waals surface area (Å²) in [6.07, 6.45) is 0. The number of carbonyl (C=O) groups is 1. The van der Waals surface area contributed by atoms with Crippen LogP contribution in [0.2, 0.25) is 0 Å². The third kappa shape index (κ3) is 2.79. The van der Waals surface area contributed by atoms with Gasteiger partial charge in [0.25, 0.3) is 0 Å². The van der Waals surface area contributed by atoms with E-state index in [2.05, 4.69) is 53.0 Å². The van der Waals surface area contributed by atoms with Crippen LogP contribution in [0.15, 0.2) is 60.7 Å². The van der Waals surface area contributed by atoms with Gasteiger partial charge in [0, 0.05) is 23.9 Å². The van der Waals surface area contributed by atoms with Crippen LogP contribution in [0.3, 0.4) is 0 Å². The number of carbonyl (C=O) groups excluding carboxylic acids is 1. The Labute approximate surface area is 168 Å². The van der Waals surface area contributed by atoms with Gasteiger partial charge < -0.3 is 10.1 Å². The Kier molecular flexibility index (Phi) is 3.96. The Bertz CT molecular complexity index is 1380. The van der Waals surface area contributed by atoms with Crippen LogP contribution in [0.1, 0.15) is 12.5 Å². The Morgan fingerprint density at radius 1 is 1.03 bits per heavy atom. The van der Waals surface area contributed by atoms with Gasteiger partial charge in [-0.1, -0.05) is 36.1 Å². The van der Waals surface area contributed by atoms with E-state index in [1.807, 2.05) is 36.4 Å². The zero-order chi connectivity index (χ0) is 20.0. The van der Waals surface area contributed by atoms with E-state index in [-0.39, 0.29) is 5.91 Å². The Hall–Kier alpha value is -3.84. The highest BCUT2D eigenvalue weighted by atomic mass is 16.5. The number of aryl methyl sites for hydroxylation is 1. The molecule has 4 heteroatoms. The molecule has 0 fully saturated rings. The largest absolute Gasteiger partial charge is 0.456 e. The number of hydrogen-bond acceptors (Lipinski definition) is 2. The summed E-state index contributed by atoms with van der Waals surface area (Å²) in [5.41, 5.74) is 4.25. The molecule has 4 nitrogen and oxygen atoms in total. The molecule has 4 aromatic rings. The maximum atomic E-state index is 11.0. The molecule has 0 saturated heterocycles. The van der Waals surface area contributed by atoms with Gasteiger partial charge >= 0.3 is 0 Å². The zero-order valence-corrected chi connectivity index (χ0v) is 16.2. The van der Waals surface area contributed by atoms with Gasteiger partial charge in [0.05, 0.1) is 22.9 Å². The van der Waals surface area contributed by atoms with E-state index in [4.69, 9.17) is 4.74 Å². The third-order valence-electron chi connectivity index (χ3n) is 5.27. The first-order chi connectivity index (χ1) is 14.1. The van der Waals surface area contributed by atoms with Gasteiger partial charge in [0.15, 0.2) is 0 Å². The summed E-state index contributed by atoms with van der Waals surface area (Å²) in [5.74, 6) is 7.83. The zero-order valence-electron chi connectivity index (χ0n) is 16.2. The first-order valence-electron chi connectivity index (χ1n) is 9.52. The smallest absolute Gasteiger partial charge is 0.228 e. The normalized spacial score (nSPS) is 11.4. The second-order valence-corrected chi connectivity index (χ2v) is 7.13.